The lowest BCUT2D eigenvalue weighted by Crippen LogP contribution is -2.31. The molecule has 2 atom stereocenters. The van der Waals surface area contributed by atoms with Crippen LogP contribution >= 0.6 is 0 Å². The van der Waals surface area contributed by atoms with Gasteiger partial charge in [-0.1, -0.05) is 6.92 Å². The summed E-state index contributed by atoms with van der Waals surface area (Å²) in [4.78, 5) is 0. The van der Waals surface area contributed by atoms with Crippen molar-refractivity contribution >= 4 is 0 Å². The van der Waals surface area contributed by atoms with Crippen LogP contribution in [0.5, 0.6) is 0 Å². The number of aromatic nitrogens is 2. The quantitative estimate of drug-likeness (QED) is 0.851. The summed E-state index contributed by atoms with van der Waals surface area (Å²) < 4.78 is 7.60. The highest BCUT2D eigenvalue weighted by molar-refractivity contribution is 5.12. The van der Waals surface area contributed by atoms with Crippen molar-refractivity contribution in [2.24, 2.45) is 5.92 Å². The minimum Gasteiger partial charge on any atom is -0.381 e. The van der Waals surface area contributed by atoms with Gasteiger partial charge in [0, 0.05) is 36.9 Å². The second-order valence-electron chi connectivity index (χ2n) is 4.78. The third kappa shape index (κ3) is 3.07. The van der Waals surface area contributed by atoms with Crippen LogP contribution in [0.25, 0.3) is 0 Å². The van der Waals surface area contributed by atoms with E-state index in [0.717, 1.165) is 26.2 Å². The molecule has 0 saturated carbocycles. The van der Waals surface area contributed by atoms with Gasteiger partial charge in [-0.25, -0.2) is 0 Å². The van der Waals surface area contributed by atoms with Crippen LogP contribution in [0.4, 0.5) is 0 Å². The van der Waals surface area contributed by atoms with E-state index in [1.807, 2.05) is 17.9 Å². The zero-order valence-corrected chi connectivity index (χ0v) is 10.9. The SMILES string of the molecule is CCCn1cc(C(NC)C2CCCOC2)cn1. The molecule has 0 bridgehead atoms. The van der Waals surface area contributed by atoms with Crippen molar-refractivity contribution in [2.75, 3.05) is 20.3 Å². The smallest absolute Gasteiger partial charge is 0.0537 e. The average Bonchev–Trinajstić information content (AvgIpc) is 2.81. The van der Waals surface area contributed by atoms with Crippen LogP contribution in [-0.2, 0) is 11.3 Å². The third-order valence-corrected chi connectivity index (χ3v) is 3.44. The molecule has 1 aromatic heterocycles. The van der Waals surface area contributed by atoms with E-state index < -0.39 is 0 Å². The van der Waals surface area contributed by atoms with Crippen LogP contribution < -0.4 is 5.32 Å². The fourth-order valence-electron chi connectivity index (χ4n) is 2.59. The van der Waals surface area contributed by atoms with Crippen LogP contribution in [-0.4, -0.2) is 30.0 Å². The Kier molecular flexibility index (Phi) is 4.57. The van der Waals surface area contributed by atoms with Crippen molar-refractivity contribution < 1.29 is 4.74 Å². The monoisotopic (exact) mass is 237 g/mol. The molecule has 0 amide bonds. The first-order chi connectivity index (χ1) is 8.35. The second-order valence-corrected chi connectivity index (χ2v) is 4.78. The Balaban J connectivity index is 2.04. The fraction of sp³-hybridized carbons (Fsp3) is 0.769. The minimum atomic E-state index is 0.376. The van der Waals surface area contributed by atoms with Crippen molar-refractivity contribution in [1.82, 2.24) is 15.1 Å². The van der Waals surface area contributed by atoms with Crippen molar-refractivity contribution in [1.29, 1.82) is 0 Å². The molecule has 1 aliphatic rings. The topological polar surface area (TPSA) is 39.1 Å². The Morgan fingerprint density at radius 1 is 1.65 bits per heavy atom. The zero-order valence-electron chi connectivity index (χ0n) is 10.9. The molecular formula is C13H23N3O. The maximum absolute atomic E-state index is 5.57. The molecule has 0 spiro atoms. The molecule has 1 N–H and O–H groups in total. The van der Waals surface area contributed by atoms with Gasteiger partial charge in [-0.15, -0.1) is 0 Å². The lowest BCUT2D eigenvalue weighted by Gasteiger charge is -2.29. The Morgan fingerprint density at radius 2 is 2.53 bits per heavy atom. The summed E-state index contributed by atoms with van der Waals surface area (Å²) in [5.41, 5.74) is 1.29. The predicted molar refractivity (Wildman–Crippen MR) is 67.9 cm³/mol. The first-order valence-corrected chi connectivity index (χ1v) is 6.62. The van der Waals surface area contributed by atoms with E-state index in [2.05, 4.69) is 23.5 Å². The standard InChI is InChI=1S/C13H23N3O/c1-3-6-16-9-12(8-15-16)13(14-2)11-5-4-7-17-10-11/h8-9,11,13-14H,3-7,10H2,1-2H3. The van der Waals surface area contributed by atoms with E-state index in [0.29, 0.717) is 12.0 Å². The number of hydrogen-bond donors (Lipinski definition) is 1. The highest BCUT2D eigenvalue weighted by atomic mass is 16.5. The van der Waals surface area contributed by atoms with Gasteiger partial charge in [-0.3, -0.25) is 4.68 Å². The maximum Gasteiger partial charge on any atom is 0.0537 e. The van der Waals surface area contributed by atoms with Crippen LogP contribution in [0.3, 0.4) is 0 Å². The van der Waals surface area contributed by atoms with Gasteiger partial charge in [0.15, 0.2) is 0 Å². The largest absolute Gasteiger partial charge is 0.381 e. The number of rotatable bonds is 5. The Labute approximate surface area is 103 Å². The van der Waals surface area contributed by atoms with Gasteiger partial charge in [0.2, 0.25) is 0 Å². The molecule has 17 heavy (non-hydrogen) atoms. The molecule has 4 nitrogen and oxygen atoms in total. The molecular weight excluding hydrogens is 214 g/mol. The van der Waals surface area contributed by atoms with Gasteiger partial charge < -0.3 is 10.1 Å². The maximum atomic E-state index is 5.57. The summed E-state index contributed by atoms with van der Waals surface area (Å²) in [6.07, 6.45) is 7.69. The molecule has 1 fully saturated rings. The van der Waals surface area contributed by atoms with Crippen molar-refractivity contribution in [2.45, 2.75) is 38.8 Å². The molecule has 96 valence electrons. The van der Waals surface area contributed by atoms with Gasteiger partial charge in [0.1, 0.15) is 0 Å². The Bertz CT molecular complexity index is 331. The summed E-state index contributed by atoms with van der Waals surface area (Å²) in [7, 11) is 2.02. The molecule has 2 heterocycles. The molecule has 1 aliphatic heterocycles. The Hall–Kier alpha value is -0.870. The molecule has 1 aromatic rings. The van der Waals surface area contributed by atoms with Gasteiger partial charge >= 0.3 is 0 Å². The van der Waals surface area contributed by atoms with Crippen molar-refractivity contribution in [3.8, 4) is 0 Å². The van der Waals surface area contributed by atoms with E-state index in [4.69, 9.17) is 4.74 Å². The molecule has 1 saturated heterocycles. The molecule has 0 aromatic carbocycles. The number of aryl methyl sites for hydroxylation is 1. The number of nitrogens with one attached hydrogen (secondary N) is 1. The molecule has 2 rings (SSSR count). The number of ether oxygens (including phenoxy) is 1. The minimum absolute atomic E-state index is 0.376. The second kappa shape index (κ2) is 6.17. The highest BCUT2D eigenvalue weighted by Gasteiger charge is 2.25. The molecule has 4 heteroatoms. The average molecular weight is 237 g/mol. The molecule has 0 radical (unpaired) electrons. The number of nitrogens with zero attached hydrogens (tertiary/aromatic N) is 2. The van der Waals surface area contributed by atoms with E-state index >= 15 is 0 Å². The number of hydrogen-bond acceptors (Lipinski definition) is 3. The van der Waals surface area contributed by atoms with Gasteiger partial charge in [-0.2, -0.15) is 5.10 Å². The summed E-state index contributed by atoms with van der Waals surface area (Å²) in [5.74, 6) is 0.577. The normalized spacial score (nSPS) is 22.6. The lowest BCUT2D eigenvalue weighted by atomic mass is 9.90. The molecule has 0 aliphatic carbocycles. The van der Waals surface area contributed by atoms with E-state index in [1.54, 1.807) is 0 Å². The first kappa shape index (κ1) is 12.6. The zero-order chi connectivity index (χ0) is 12.1. The highest BCUT2D eigenvalue weighted by Crippen LogP contribution is 2.28. The van der Waals surface area contributed by atoms with Crippen LogP contribution in [0.2, 0.25) is 0 Å². The van der Waals surface area contributed by atoms with E-state index in [-0.39, 0.29) is 0 Å². The predicted octanol–water partition coefficient (Wildman–Crippen LogP) is 1.98. The van der Waals surface area contributed by atoms with Crippen LogP contribution in [0.1, 0.15) is 37.8 Å². The third-order valence-electron chi connectivity index (χ3n) is 3.44. The van der Waals surface area contributed by atoms with Crippen LogP contribution in [0.15, 0.2) is 12.4 Å². The summed E-state index contributed by atoms with van der Waals surface area (Å²) in [5, 5.41) is 7.82. The fourth-order valence-corrected chi connectivity index (χ4v) is 2.59. The van der Waals surface area contributed by atoms with E-state index in [9.17, 15) is 0 Å². The van der Waals surface area contributed by atoms with E-state index in [1.165, 1.54) is 18.4 Å². The van der Waals surface area contributed by atoms with Gasteiger partial charge in [-0.05, 0) is 26.3 Å². The lowest BCUT2D eigenvalue weighted by molar-refractivity contribution is 0.0402. The van der Waals surface area contributed by atoms with Crippen molar-refractivity contribution in [3.63, 3.8) is 0 Å². The summed E-state index contributed by atoms with van der Waals surface area (Å²) in [6.45, 7) is 4.95. The van der Waals surface area contributed by atoms with Crippen LogP contribution in [0, 0.1) is 5.92 Å². The molecule has 2 unspecified atom stereocenters. The van der Waals surface area contributed by atoms with Gasteiger partial charge in [0.25, 0.3) is 0 Å². The van der Waals surface area contributed by atoms with Gasteiger partial charge in [0.05, 0.1) is 12.8 Å². The first-order valence-electron chi connectivity index (χ1n) is 6.62. The Morgan fingerprint density at radius 3 is 3.18 bits per heavy atom. The van der Waals surface area contributed by atoms with Crippen molar-refractivity contribution in [3.05, 3.63) is 18.0 Å². The summed E-state index contributed by atoms with van der Waals surface area (Å²) >= 11 is 0. The summed E-state index contributed by atoms with van der Waals surface area (Å²) in [6, 6.07) is 0.376.